The molecule has 0 fully saturated rings. The number of hydrogen-bond donors (Lipinski definition) is 2. The summed E-state index contributed by atoms with van der Waals surface area (Å²) in [5.74, 6) is 1.11. The molecule has 23 heavy (non-hydrogen) atoms. The molecule has 2 N–H and O–H groups in total. The molecule has 1 aliphatic heterocycles. The summed E-state index contributed by atoms with van der Waals surface area (Å²) in [6, 6.07) is 14.2. The van der Waals surface area contributed by atoms with Gasteiger partial charge in [0.1, 0.15) is 6.54 Å². The van der Waals surface area contributed by atoms with Crippen LogP contribution in [0.2, 0.25) is 0 Å². The van der Waals surface area contributed by atoms with Crippen LogP contribution < -0.4 is 5.73 Å². The number of aliphatic imine (C=N–C) groups is 1. The Balaban J connectivity index is 2.03. The van der Waals surface area contributed by atoms with Gasteiger partial charge in [-0.15, -0.1) is 22.8 Å². The Hall–Kier alpha value is -2.60. The van der Waals surface area contributed by atoms with E-state index in [-0.39, 0.29) is 0 Å². The molecule has 0 aliphatic carbocycles. The van der Waals surface area contributed by atoms with Crippen molar-refractivity contribution >= 4 is 24.3 Å². The number of nitrogens with zero attached hydrogens (tertiary/aromatic N) is 4. The standard InChI is InChI=1S/C17H15N5S/c1-10-4-2-3-5-12(10)16-13-8-11(23)6-7-14(13)22-15(9-19-16)20-21-17(22)18/h2-8,23H,9H2,1H3,(H2,18,21). The Morgan fingerprint density at radius 3 is 2.74 bits per heavy atom. The van der Waals surface area contributed by atoms with Crippen LogP contribution in [0.1, 0.15) is 22.5 Å². The molecule has 1 aliphatic rings. The van der Waals surface area contributed by atoms with Crippen molar-refractivity contribution in [3.8, 4) is 5.69 Å². The monoisotopic (exact) mass is 321 g/mol. The average molecular weight is 321 g/mol. The Morgan fingerprint density at radius 2 is 1.91 bits per heavy atom. The van der Waals surface area contributed by atoms with Gasteiger partial charge in [0.25, 0.3) is 0 Å². The lowest BCUT2D eigenvalue weighted by atomic mass is 9.97. The van der Waals surface area contributed by atoms with E-state index in [2.05, 4.69) is 41.9 Å². The molecule has 0 radical (unpaired) electrons. The van der Waals surface area contributed by atoms with Gasteiger partial charge in [-0.2, -0.15) is 0 Å². The Labute approximate surface area is 139 Å². The molecule has 0 saturated carbocycles. The van der Waals surface area contributed by atoms with Crippen LogP contribution in [0.3, 0.4) is 0 Å². The van der Waals surface area contributed by atoms with E-state index in [1.54, 1.807) is 0 Å². The summed E-state index contributed by atoms with van der Waals surface area (Å²) in [6.45, 7) is 2.52. The summed E-state index contributed by atoms with van der Waals surface area (Å²) in [5, 5.41) is 8.13. The summed E-state index contributed by atoms with van der Waals surface area (Å²) in [5.41, 5.74) is 11.1. The number of nitrogen functional groups attached to an aromatic ring is 1. The molecule has 0 bridgehead atoms. The van der Waals surface area contributed by atoms with E-state index in [0.29, 0.717) is 12.5 Å². The van der Waals surface area contributed by atoms with E-state index in [9.17, 15) is 0 Å². The Morgan fingerprint density at radius 1 is 1.09 bits per heavy atom. The molecule has 3 aromatic rings. The van der Waals surface area contributed by atoms with Crippen molar-refractivity contribution in [2.45, 2.75) is 18.4 Å². The van der Waals surface area contributed by atoms with E-state index in [4.69, 9.17) is 10.7 Å². The second-order valence-electron chi connectivity index (χ2n) is 5.49. The minimum atomic E-state index is 0.370. The van der Waals surface area contributed by atoms with Gasteiger partial charge in [-0.25, -0.2) is 0 Å². The van der Waals surface area contributed by atoms with Crippen LogP contribution in [-0.4, -0.2) is 20.5 Å². The number of nitrogens with two attached hydrogens (primary N) is 1. The van der Waals surface area contributed by atoms with E-state index < -0.39 is 0 Å². The molecule has 0 spiro atoms. The number of benzene rings is 2. The number of anilines is 1. The van der Waals surface area contributed by atoms with Crippen molar-refractivity contribution < 1.29 is 0 Å². The second kappa shape index (κ2) is 5.24. The molecule has 2 heterocycles. The van der Waals surface area contributed by atoms with Crippen molar-refractivity contribution in [2.24, 2.45) is 4.99 Å². The zero-order chi connectivity index (χ0) is 16.0. The highest BCUT2D eigenvalue weighted by Crippen LogP contribution is 2.29. The van der Waals surface area contributed by atoms with Gasteiger partial charge in [-0.1, -0.05) is 24.3 Å². The van der Waals surface area contributed by atoms with Crippen LogP contribution in [0.4, 0.5) is 5.95 Å². The number of fused-ring (bicyclic) bond motifs is 3. The molecule has 2 aromatic carbocycles. The zero-order valence-electron chi connectivity index (χ0n) is 12.6. The smallest absolute Gasteiger partial charge is 0.226 e. The highest BCUT2D eigenvalue weighted by atomic mass is 32.1. The van der Waals surface area contributed by atoms with Crippen LogP contribution in [0.5, 0.6) is 0 Å². The van der Waals surface area contributed by atoms with Gasteiger partial charge in [0.05, 0.1) is 11.4 Å². The quantitative estimate of drug-likeness (QED) is 0.677. The SMILES string of the molecule is Cc1ccccc1C1=NCc2nnc(N)n2-c2ccc(S)cc21. The van der Waals surface area contributed by atoms with E-state index in [1.807, 2.05) is 34.9 Å². The van der Waals surface area contributed by atoms with Crippen LogP contribution in [0.15, 0.2) is 52.4 Å². The number of aromatic nitrogens is 3. The molecule has 1 aromatic heterocycles. The molecular weight excluding hydrogens is 306 g/mol. The first-order valence-electron chi connectivity index (χ1n) is 7.29. The zero-order valence-corrected chi connectivity index (χ0v) is 13.5. The lowest BCUT2D eigenvalue weighted by Crippen LogP contribution is -2.10. The van der Waals surface area contributed by atoms with Crippen LogP contribution in [0.25, 0.3) is 5.69 Å². The van der Waals surface area contributed by atoms with Gasteiger partial charge in [-0.05, 0) is 30.7 Å². The molecule has 0 atom stereocenters. The highest BCUT2D eigenvalue weighted by molar-refractivity contribution is 7.80. The predicted molar refractivity (Wildman–Crippen MR) is 93.5 cm³/mol. The topological polar surface area (TPSA) is 69.1 Å². The van der Waals surface area contributed by atoms with Gasteiger partial charge in [0.15, 0.2) is 5.82 Å². The van der Waals surface area contributed by atoms with E-state index >= 15 is 0 Å². The lowest BCUT2D eigenvalue weighted by molar-refractivity contribution is 0.872. The Kier molecular flexibility index (Phi) is 3.20. The van der Waals surface area contributed by atoms with Crippen molar-refractivity contribution in [1.82, 2.24) is 14.8 Å². The third-order valence-electron chi connectivity index (χ3n) is 4.01. The van der Waals surface area contributed by atoms with Gasteiger partial charge >= 0.3 is 0 Å². The molecule has 6 heteroatoms. The normalized spacial score (nSPS) is 13.0. The first-order chi connectivity index (χ1) is 11.1. The second-order valence-corrected chi connectivity index (χ2v) is 6.01. The van der Waals surface area contributed by atoms with Crippen molar-refractivity contribution in [1.29, 1.82) is 0 Å². The molecule has 114 valence electrons. The van der Waals surface area contributed by atoms with E-state index in [0.717, 1.165) is 33.2 Å². The molecule has 0 saturated heterocycles. The molecule has 0 unspecified atom stereocenters. The fraction of sp³-hybridized carbons (Fsp3) is 0.118. The maximum atomic E-state index is 6.02. The maximum Gasteiger partial charge on any atom is 0.226 e. The van der Waals surface area contributed by atoms with E-state index in [1.165, 1.54) is 5.56 Å². The minimum Gasteiger partial charge on any atom is -0.368 e. The van der Waals surface area contributed by atoms with Crippen LogP contribution in [-0.2, 0) is 6.54 Å². The molecular formula is C17H15N5S. The summed E-state index contributed by atoms with van der Waals surface area (Å²) < 4.78 is 1.86. The fourth-order valence-corrected chi connectivity index (χ4v) is 3.11. The molecule has 0 amide bonds. The van der Waals surface area contributed by atoms with Gasteiger partial charge in [0, 0.05) is 16.0 Å². The third kappa shape index (κ3) is 2.22. The largest absolute Gasteiger partial charge is 0.368 e. The predicted octanol–water partition coefficient (Wildman–Crippen LogP) is 2.80. The number of rotatable bonds is 1. The summed E-state index contributed by atoms with van der Waals surface area (Å²) in [4.78, 5) is 5.67. The maximum absolute atomic E-state index is 6.02. The lowest BCUT2D eigenvalue weighted by Gasteiger charge is -2.14. The fourth-order valence-electron chi connectivity index (χ4n) is 2.91. The van der Waals surface area contributed by atoms with Crippen molar-refractivity contribution in [2.75, 3.05) is 5.73 Å². The van der Waals surface area contributed by atoms with Crippen molar-refractivity contribution in [3.05, 3.63) is 65.0 Å². The summed E-state index contributed by atoms with van der Waals surface area (Å²) in [6.07, 6.45) is 0. The van der Waals surface area contributed by atoms with Gasteiger partial charge < -0.3 is 5.73 Å². The highest BCUT2D eigenvalue weighted by Gasteiger charge is 2.22. The van der Waals surface area contributed by atoms with Gasteiger partial charge in [0.2, 0.25) is 5.95 Å². The van der Waals surface area contributed by atoms with Crippen LogP contribution >= 0.6 is 12.6 Å². The van der Waals surface area contributed by atoms with Crippen molar-refractivity contribution in [3.63, 3.8) is 0 Å². The summed E-state index contributed by atoms with van der Waals surface area (Å²) in [7, 11) is 0. The number of hydrogen-bond acceptors (Lipinski definition) is 5. The molecule has 5 nitrogen and oxygen atoms in total. The Bertz CT molecular complexity index is 942. The minimum absolute atomic E-state index is 0.370. The third-order valence-corrected chi connectivity index (χ3v) is 4.29. The average Bonchev–Trinajstić information content (AvgIpc) is 2.82. The van der Waals surface area contributed by atoms with Gasteiger partial charge in [-0.3, -0.25) is 9.56 Å². The number of aryl methyl sites for hydroxylation is 1. The van der Waals surface area contributed by atoms with Crippen LogP contribution in [0, 0.1) is 6.92 Å². The first-order valence-corrected chi connectivity index (χ1v) is 7.74. The first kappa shape index (κ1) is 14.0. The number of thiol groups is 1. The summed E-state index contributed by atoms with van der Waals surface area (Å²) >= 11 is 4.49. The molecule has 4 rings (SSSR count).